The number of amides is 1. The Balaban J connectivity index is 1.39. The number of hydrogen-bond donors (Lipinski definition) is 2. The summed E-state index contributed by atoms with van der Waals surface area (Å²) >= 11 is 7.01. The van der Waals surface area contributed by atoms with Crippen molar-refractivity contribution in [2.75, 3.05) is 12.0 Å². The number of aromatic nitrogens is 6. The number of nitrogens with zero attached hydrogens (tertiary/aromatic N) is 7. The van der Waals surface area contributed by atoms with Gasteiger partial charge in [0.1, 0.15) is 11.1 Å². The van der Waals surface area contributed by atoms with Gasteiger partial charge >= 0.3 is 6.09 Å². The standard InChI is InChI=1S/C30H31ClN8O4/c1-36-15-22-23(34-36)11-10-21(25(22)31)26-24-27(35-38(26)14-16-4-8-20(43-3)9-5-16)33-29(37(2)28(24)40)39-18-6-7-19(39)13-17(12-18)32-30(41)42/h4-5,8-11,15,17-19,32H,6-7,12-14H2,1-3H3,(H,41,42)/t17-,18+,19-. The Morgan fingerprint density at radius 1 is 1.09 bits per heavy atom. The maximum Gasteiger partial charge on any atom is 0.404 e. The lowest BCUT2D eigenvalue weighted by molar-refractivity contribution is 0.185. The summed E-state index contributed by atoms with van der Waals surface area (Å²) in [6.45, 7) is 0.382. The van der Waals surface area contributed by atoms with Gasteiger partial charge in [-0.05, 0) is 55.5 Å². The van der Waals surface area contributed by atoms with Gasteiger partial charge in [0.15, 0.2) is 5.65 Å². The number of carboxylic acid groups (broad SMARTS) is 1. The Kier molecular flexibility index (Phi) is 6.53. The van der Waals surface area contributed by atoms with E-state index in [2.05, 4.69) is 15.3 Å². The molecule has 43 heavy (non-hydrogen) atoms. The van der Waals surface area contributed by atoms with Crippen molar-refractivity contribution in [2.45, 2.75) is 50.4 Å². The van der Waals surface area contributed by atoms with E-state index < -0.39 is 6.09 Å². The number of aryl methyl sites for hydroxylation is 1. The van der Waals surface area contributed by atoms with E-state index in [1.807, 2.05) is 49.6 Å². The molecule has 2 fully saturated rings. The lowest BCUT2D eigenvalue weighted by Gasteiger charge is -2.39. The largest absolute Gasteiger partial charge is 0.497 e. The van der Waals surface area contributed by atoms with Crippen LogP contribution in [0.4, 0.5) is 10.7 Å². The highest BCUT2D eigenvalue weighted by molar-refractivity contribution is 6.38. The number of anilines is 1. The van der Waals surface area contributed by atoms with Gasteiger partial charge in [-0.25, -0.2) is 4.79 Å². The highest BCUT2D eigenvalue weighted by Gasteiger charge is 2.43. The molecule has 0 aliphatic carbocycles. The molecule has 0 unspecified atom stereocenters. The minimum atomic E-state index is -1.01. The van der Waals surface area contributed by atoms with E-state index in [4.69, 9.17) is 26.4 Å². The topological polar surface area (TPSA) is 132 Å². The molecule has 0 radical (unpaired) electrons. The van der Waals surface area contributed by atoms with Crippen molar-refractivity contribution >= 4 is 45.6 Å². The molecule has 5 heterocycles. The lowest BCUT2D eigenvalue weighted by atomic mass is 9.98. The van der Waals surface area contributed by atoms with Gasteiger partial charge in [0.25, 0.3) is 5.56 Å². The zero-order chi connectivity index (χ0) is 30.0. The number of benzene rings is 2. The Bertz CT molecular complexity index is 1930. The molecule has 0 saturated carbocycles. The lowest BCUT2D eigenvalue weighted by Crippen LogP contribution is -2.51. The summed E-state index contributed by atoms with van der Waals surface area (Å²) in [6.07, 6.45) is 4.00. The second kappa shape index (κ2) is 10.3. The molecule has 3 aromatic heterocycles. The van der Waals surface area contributed by atoms with Gasteiger partial charge < -0.3 is 20.1 Å². The average Bonchev–Trinajstić information content (AvgIpc) is 3.62. The third-order valence-electron chi connectivity index (χ3n) is 8.73. The maximum atomic E-state index is 14.2. The van der Waals surface area contributed by atoms with Gasteiger partial charge in [-0.1, -0.05) is 23.7 Å². The van der Waals surface area contributed by atoms with Gasteiger partial charge in [-0.3, -0.25) is 18.7 Å². The maximum absolute atomic E-state index is 14.2. The number of methoxy groups -OCH3 is 1. The van der Waals surface area contributed by atoms with E-state index in [1.54, 1.807) is 28.1 Å². The van der Waals surface area contributed by atoms with Crippen molar-refractivity contribution in [2.24, 2.45) is 14.1 Å². The number of rotatable bonds is 6. The second-order valence-electron chi connectivity index (χ2n) is 11.4. The third kappa shape index (κ3) is 4.56. The van der Waals surface area contributed by atoms with Crippen molar-refractivity contribution in [1.82, 2.24) is 34.4 Å². The summed E-state index contributed by atoms with van der Waals surface area (Å²) in [7, 11) is 5.20. The van der Waals surface area contributed by atoms with Crippen molar-refractivity contribution in [3.05, 3.63) is 63.5 Å². The molecule has 0 spiro atoms. The summed E-state index contributed by atoms with van der Waals surface area (Å²) in [4.78, 5) is 32.7. The Morgan fingerprint density at radius 2 is 1.81 bits per heavy atom. The van der Waals surface area contributed by atoms with Gasteiger partial charge in [-0.15, -0.1) is 0 Å². The third-order valence-corrected chi connectivity index (χ3v) is 9.14. The Morgan fingerprint density at radius 3 is 2.49 bits per heavy atom. The number of carbonyl (C=O) groups is 1. The molecule has 2 N–H and O–H groups in total. The number of halogens is 1. The van der Waals surface area contributed by atoms with Crippen LogP contribution in [0.25, 0.3) is 33.2 Å². The number of fused-ring (bicyclic) bond motifs is 4. The monoisotopic (exact) mass is 602 g/mol. The average molecular weight is 603 g/mol. The summed E-state index contributed by atoms with van der Waals surface area (Å²) in [6, 6.07) is 11.5. The molecular formula is C30H31ClN8O4. The molecule has 13 heteroatoms. The van der Waals surface area contributed by atoms with Crippen molar-refractivity contribution in [3.63, 3.8) is 0 Å². The van der Waals surface area contributed by atoms with E-state index in [1.165, 1.54) is 0 Å². The number of hydrogen-bond acceptors (Lipinski definition) is 7. The predicted octanol–water partition coefficient (Wildman–Crippen LogP) is 4.16. The van der Waals surface area contributed by atoms with E-state index in [0.717, 1.165) is 35.1 Å². The minimum absolute atomic E-state index is 0.0782. The Labute approximate surface area is 251 Å². The fourth-order valence-corrected chi connectivity index (χ4v) is 7.13. The van der Waals surface area contributed by atoms with Crippen molar-refractivity contribution in [1.29, 1.82) is 0 Å². The number of nitrogens with one attached hydrogen (secondary N) is 1. The zero-order valence-electron chi connectivity index (χ0n) is 24.0. The molecule has 1 amide bonds. The molecule has 7 rings (SSSR count). The normalized spacial score (nSPS) is 19.8. The van der Waals surface area contributed by atoms with Gasteiger partial charge in [-0.2, -0.15) is 15.2 Å². The highest BCUT2D eigenvalue weighted by atomic mass is 35.5. The van der Waals surface area contributed by atoms with E-state index in [9.17, 15) is 14.7 Å². The fourth-order valence-electron chi connectivity index (χ4n) is 6.83. The molecule has 12 nitrogen and oxygen atoms in total. The second-order valence-corrected chi connectivity index (χ2v) is 11.8. The number of piperidine rings is 1. The van der Waals surface area contributed by atoms with Crippen molar-refractivity contribution in [3.8, 4) is 17.0 Å². The van der Waals surface area contributed by atoms with E-state index in [-0.39, 0.29) is 23.7 Å². The zero-order valence-corrected chi connectivity index (χ0v) is 24.7. The van der Waals surface area contributed by atoms with Crippen LogP contribution >= 0.6 is 11.6 Å². The number of ether oxygens (including phenoxy) is 1. The summed E-state index contributed by atoms with van der Waals surface area (Å²) in [5.41, 5.74) is 3.11. The first-order chi connectivity index (χ1) is 20.7. The first-order valence-electron chi connectivity index (χ1n) is 14.2. The molecule has 222 valence electrons. The molecule has 3 atom stereocenters. The quantitative estimate of drug-likeness (QED) is 0.296. The SMILES string of the molecule is COc1ccc(Cn2nc3nc(N4[C@@H]5CC[C@H]4C[C@@H](NC(=O)O)C5)n(C)c(=O)c3c2-c2ccc3nn(C)cc3c2Cl)cc1. The molecule has 2 aliphatic heterocycles. The molecule has 2 aliphatic rings. The first-order valence-corrected chi connectivity index (χ1v) is 14.6. The van der Waals surface area contributed by atoms with Crippen LogP contribution in [-0.4, -0.2) is 65.5 Å². The van der Waals surface area contributed by atoms with Crippen LogP contribution in [0.2, 0.25) is 5.02 Å². The van der Waals surface area contributed by atoms with Crippen LogP contribution in [0.1, 0.15) is 31.2 Å². The summed E-state index contributed by atoms with van der Waals surface area (Å²) in [5, 5.41) is 22.9. The highest BCUT2D eigenvalue weighted by Crippen LogP contribution is 2.40. The van der Waals surface area contributed by atoms with Crippen LogP contribution in [-0.2, 0) is 20.6 Å². The van der Waals surface area contributed by atoms with E-state index >= 15 is 0 Å². The van der Waals surface area contributed by atoms with Crippen LogP contribution in [0.5, 0.6) is 5.75 Å². The predicted molar refractivity (Wildman–Crippen MR) is 163 cm³/mol. The Hall–Kier alpha value is -4.58. The molecule has 2 saturated heterocycles. The van der Waals surface area contributed by atoms with Gasteiger partial charge in [0.05, 0.1) is 29.9 Å². The molecule has 2 aromatic carbocycles. The van der Waals surface area contributed by atoms with Crippen LogP contribution in [0.3, 0.4) is 0 Å². The molecular weight excluding hydrogens is 572 g/mol. The molecule has 2 bridgehead atoms. The van der Waals surface area contributed by atoms with Crippen LogP contribution in [0, 0.1) is 0 Å². The summed E-state index contributed by atoms with van der Waals surface area (Å²) in [5.74, 6) is 1.30. The van der Waals surface area contributed by atoms with Crippen LogP contribution in [0.15, 0.2) is 47.4 Å². The summed E-state index contributed by atoms with van der Waals surface area (Å²) < 4.78 is 10.4. The minimum Gasteiger partial charge on any atom is -0.497 e. The molecule has 5 aromatic rings. The van der Waals surface area contributed by atoms with Gasteiger partial charge in [0.2, 0.25) is 5.95 Å². The smallest absolute Gasteiger partial charge is 0.404 e. The van der Waals surface area contributed by atoms with E-state index in [0.29, 0.717) is 52.6 Å². The van der Waals surface area contributed by atoms with Crippen LogP contribution < -0.4 is 20.5 Å². The van der Waals surface area contributed by atoms with Crippen molar-refractivity contribution < 1.29 is 14.6 Å². The first kappa shape index (κ1) is 27.3. The fraction of sp³-hybridized carbons (Fsp3) is 0.367. The van der Waals surface area contributed by atoms with Gasteiger partial charge in [0, 0.05) is 49.4 Å².